The number of allylic oxidation sites excluding steroid dienone is 1. The highest BCUT2D eigenvalue weighted by Gasteiger charge is 2.46. The van der Waals surface area contributed by atoms with E-state index in [0.717, 1.165) is 38.3 Å². The van der Waals surface area contributed by atoms with Gasteiger partial charge in [0.2, 0.25) is 0 Å². The molecule has 0 bridgehead atoms. The lowest BCUT2D eigenvalue weighted by Crippen LogP contribution is -2.48. The Bertz CT molecular complexity index is 885. The molecule has 34 heavy (non-hydrogen) atoms. The maximum absolute atomic E-state index is 13.4. The molecular weight excluding hydrogens is 434 g/mol. The van der Waals surface area contributed by atoms with E-state index in [4.69, 9.17) is 9.84 Å². The van der Waals surface area contributed by atoms with Crippen LogP contribution in [-0.2, 0) is 19.1 Å². The normalized spacial score (nSPS) is 23.8. The maximum Gasteiger partial charge on any atom is 0.318 e. The number of nitrogens with one attached hydrogen (secondary N) is 1. The lowest BCUT2D eigenvalue weighted by Gasteiger charge is -2.34. The summed E-state index contributed by atoms with van der Waals surface area (Å²) in [5, 5.41) is 12.2. The third-order valence-electron chi connectivity index (χ3n) is 6.24. The van der Waals surface area contributed by atoms with Gasteiger partial charge in [-0.2, -0.15) is 0 Å². The molecule has 2 atom stereocenters. The third kappa shape index (κ3) is 6.98. The Hall–Kier alpha value is -2.55. The van der Waals surface area contributed by atoms with Gasteiger partial charge < -0.3 is 15.2 Å². The number of esters is 1. The van der Waals surface area contributed by atoms with Crippen LogP contribution in [0.15, 0.2) is 42.1 Å². The van der Waals surface area contributed by atoms with Crippen molar-refractivity contribution < 1.29 is 24.2 Å². The fourth-order valence-electron chi connectivity index (χ4n) is 4.49. The van der Waals surface area contributed by atoms with Gasteiger partial charge in [0.25, 0.3) is 0 Å². The fourth-order valence-corrected chi connectivity index (χ4v) is 4.49. The van der Waals surface area contributed by atoms with Crippen LogP contribution < -0.4 is 5.32 Å². The molecule has 1 heterocycles. The van der Waals surface area contributed by atoms with Crippen molar-refractivity contribution in [1.29, 1.82) is 0 Å². The molecule has 3 rings (SSSR count). The molecule has 2 aliphatic rings. The summed E-state index contributed by atoms with van der Waals surface area (Å²) in [4.78, 5) is 43.9. The number of aliphatic hydroxyl groups is 1. The number of ketones is 2. The first-order valence-electron chi connectivity index (χ1n) is 12.0. The Morgan fingerprint density at radius 1 is 1.09 bits per heavy atom. The molecule has 186 valence electrons. The number of Topliss-reactive ketones (excluding diaryl/α,β-unsaturated/α-hetero) is 2. The molecule has 1 aromatic carbocycles. The van der Waals surface area contributed by atoms with Gasteiger partial charge in [-0.15, -0.1) is 0 Å². The monoisotopic (exact) mass is 471 g/mol. The average Bonchev–Trinajstić information content (AvgIpc) is 2.78. The molecule has 2 fully saturated rings. The SMILES string of the molecule is CC(C)(C)OC(=O)C1C(=O)C(=CNCCN2CCN(CCO)CC2)C(=O)CC1c1ccccc1. The van der Waals surface area contributed by atoms with E-state index in [-0.39, 0.29) is 24.4 Å². The van der Waals surface area contributed by atoms with Gasteiger partial charge in [-0.3, -0.25) is 24.2 Å². The summed E-state index contributed by atoms with van der Waals surface area (Å²) in [6, 6.07) is 9.23. The van der Waals surface area contributed by atoms with E-state index < -0.39 is 29.2 Å². The minimum Gasteiger partial charge on any atom is -0.459 e. The smallest absolute Gasteiger partial charge is 0.318 e. The fraction of sp³-hybridized carbons (Fsp3) is 0.577. The van der Waals surface area contributed by atoms with Crippen LogP contribution >= 0.6 is 0 Å². The summed E-state index contributed by atoms with van der Waals surface area (Å²) in [7, 11) is 0. The summed E-state index contributed by atoms with van der Waals surface area (Å²) in [6.45, 7) is 11.2. The number of carbonyl (C=O) groups excluding carboxylic acids is 3. The van der Waals surface area contributed by atoms with Crippen molar-refractivity contribution in [2.45, 2.75) is 38.7 Å². The van der Waals surface area contributed by atoms with E-state index in [2.05, 4.69) is 15.1 Å². The van der Waals surface area contributed by atoms with E-state index in [1.165, 1.54) is 6.20 Å². The largest absolute Gasteiger partial charge is 0.459 e. The Morgan fingerprint density at radius 2 is 1.71 bits per heavy atom. The van der Waals surface area contributed by atoms with Gasteiger partial charge in [0.05, 0.1) is 12.2 Å². The molecular formula is C26H37N3O5. The van der Waals surface area contributed by atoms with Gasteiger partial charge >= 0.3 is 5.97 Å². The molecule has 0 amide bonds. The van der Waals surface area contributed by atoms with Crippen molar-refractivity contribution >= 4 is 17.5 Å². The number of benzene rings is 1. The Balaban J connectivity index is 1.66. The van der Waals surface area contributed by atoms with E-state index >= 15 is 0 Å². The molecule has 1 aliphatic heterocycles. The van der Waals surface area contributed by atoms with Gasteiger partial charge in [0, 0.05) is 64.4 Å². The summed E-state index contributed by atoms with van der Waals surface area (Å²) in [5.41, 5.74) is 0.0897. The minimum absolute atomic E-state index is 0.0378. The van der Waals surface area contributed by atoms with Gasteiger partial charge in [0.15, 0.2) is 11.6 Å². The lowest BCUT2D eigenvalue weighted by atomic mass is 9.72. The molecule has 1 aromatic rings. The van der Waals surface area contributed by atoms with Crippen LogP contribution in [0.3, 0.4) is 0 Å². The Morgan fingerprint density at radius 3 is 2.29 bits per heavy atom. The second kappa shape index (κ2) is 11.7. The number of piperazine rings is 1. The van der Waals surface area contributed by atoms with Crippen molar-refractivity contribution in [3.05, 3.63) is 47.7 Å². The van der Waals surface area contributed by atoms with Crippen molar-refractivity contribution in [3.63, 3.8) is 0 Å². The molecule has 2 unspecified atom stereocenters. The maximum atomic E-state index is 13.4. The molecule has 8 heteroatoms. The lowest BCUT2D eigenvalue weighted by molar-refractivity contribution is -0.163. The number of hydrogen-bond acceptors (Lipinski definition) is 8. The molecule has 8 nitrogen and oxygen atoms in total. The van der Waals surface area contributed by atoms with Crippen LogP contribution in [0.25, 0.3) is 0 Å². The molecule has 1 saturated heterocycles. The van der Waals surface area contributed by atoms with Crippen LogP contribution in [-0.4, -0.2) is 90.5 Å². The zero-order valence-corrected chi connectivity index (χ0v) is 20.5. The van der Waals surface area contributed by atoms with E-state index in [9.17, 15) is 14.4 Å². The van der Waals surface area contributed by atoms with Crippen molar-refractivity contribution in [2.24, 2.45) is 5.92 Å². The van der Waals surface area contributed by atoms with Gasteiger partial charge in [-0.1, -0.05) is 30.3 Å². The predicted octanol–water partition coefficient (Wildman–Crippen LogP) is 1.35. The number of nitrogens with zero attached hydrogens (tertiary/aromatic N) is 2. The zero-order chi connectivity index (χ0) is 24.7. The van der Waals surface area contributed by atoms with E-state index in [1.807, 2.05) is 30.3 Å². The molecule has 0 spiro atoms. The highest BCUT2D eigenvalue weighted by molar-refractivity contribution is 6.27. The van der Waals surface area contributed by atoms with Gasteiger partial charge in [-0.05, 0) is 26.3 Å². The number of hydrogen-bond donors (Lipinski definition) is 2. The highest BCUT2D eigenvalue weighted by atomic mass is 16.6. The molecule has 0 aromatic heterocycles. The van der Waals surface area contributed by atoms with Gasteiger partial charge in [0.1, 0.15) is 11.5 Å². The number of aliphatic hydroxyl groups excluding tert-OH is 1. The summed E-state index contributed by atoms with van der Waals surface area (Å²) in [5.74, 6) is -2.92. The van der Waals surface area contributed by atoms with Crippen molar-refractivity contribution in [3.8, 4) is 0 Å². The molecule has 0 radical (unpaired) electrons. The summed E-state index contributed by atoms with van der Waals surface area (Å²) in [6.07, 6.45) is 1.56. The third-order valence-corrected chi connectivity index (χ3v) is 6.24. The minimum atomic E-state index is -1.05. The van der Waals surface area contributed by atoms with E-state index in [1.54, 1.807) is 20.8 Å². The first-order valence-corrected chi connectivity index (χ1v) is 12.0. The molecule has 1 aliphatic carbocycles. The van der Waals surface area contributed by atoms with Crippen LogP contribution in [0.1, 0.15) is 38.7 Å². The van der Waals surface area contributed by atoms with Crippen molar-refractivity contribution in [1.82, 2.24) is 15.1 Å². The van der Waals surface area contributed by atoms with Crippen LogP contribution in [0.4, 0.5) is 0 Å². The highest BCUT2D eigenvalue weighted by Crippen LogP contribution is 2.37. The average molecular weight is 472 g/mol. The quantitative estimate of drug-likeness (QED) is 0.193. The number of β-amino-alcohol motifs (C(OH)–C–C–N with tert-alkyl or cyclic N) is 1. The number of rotatable bonds is 8. The summed E-state index contributed by atoms with van der Waals surface area (Å²) < 4.78 is 5.57. The first kappa shape index (κ1) is 26.1. The number of ether oxygens (including phenoxy) is 1. The first-order chi connectivity index (χ1) is 16.2. The van der Waals surface area contributed by atoms with Gasteiger partial charge in [-0.25, -0.2) is 0 Å². The molecule has 2 N–H and O–H groups in total. The Kier molecular flexibility index (Phi) is 8.99. The summed E-state index contributed by atoms with van der Waals surface area (Å²) >= 11 is 0. The van der Waals surface area contributed by atoms with E-state index in [0.29, 0.717) is 13.1 Å². The predicted molar refractivity (Wildman–Crippen MR) is 129 cm³/mol. The second-order valence-corrected chi connectivity index (χ2v) is 9.94. The van der Waals surface area contributed by atoms with Crippen LogP contribution in [0.2, 0.25) is 0 Å². The standard InChI is InChI=1S/C26H37N3O5/c1-26(2,3)34-25(33)23-20(19-7-5-4-6-8-19)17-22(31)21(24(23)32)18-27-9-10-28-11-13-29(14-12-28)15-16-30/h4-8,18,20,23,27,30H,9-17H2,1-3H3. The number of carbonyl (C=O) groups is 3. The topological polar surface area (TPSA) is 99.2 Å². The zero-order valence-electron chi connectivity index (χ0n) is 20.5. The van der Waals surface area contributed by atoms with Crippen molar-refractivity contribution in [2.75, 3.05) is 52.4 Å². The Labute approximate surface area is 201 Å². The van der Waals surface area contributed by atoms with Crippen LogP contribution in [0.5, 0.6) is 0 Å². The second-order valence-electron chi connectivity index (χ2n) is 9.94. The molecule has 1 saturated carbocycles. The van der Waals surface area contributed by atoms with Crippen LogP contribution in [0, 0.1) is 5.92 Å².